The van der Waals surface area contributed by atoms with Gasteiger partial charge in [-0.3, -0.25) is 14.5 Å². The molecule has 4 rings (SSSR count). The second-order valence-corrected chi connectivity index (χ2v) is 11.1. The molecule has 1 fully saturated rings. The summed E-state index contributed by atoms with van der Waals surface area (Å²) in [6.45, 7) is 6.36. The van der Waals surface area contributed by atoms with E-state index in [1.807, 2.05) is 18.4 Å². The lowest BCUT2D eigenvalue weighted by Gasteiger charge is -2.31. The summed E-state index contributed by atoms with van der Waals surface area (Å²) in [6.07, 6.45) is 0. The summed E-state index contributed by atoms with van der Waals surface area (Å²) in [5, 5.41) is 2.66. The number of ether oxygens (including phenoxy) is 1. The summed E-state index contributed by atoms with van der Waals surface area (Å²) in [5.74, 6) is -0.870. The van der Waals surface area contributed by atoms with Crippen LogP contribution in [0.25, 0.3) is 0 Å². The zero-order chi connectivity index (χ0) is 27.1. The predicted octanol–water partition coefficient (Wildman–Crippen LogP) is 5.51. The van der Waals surface area contributed by atoms with Crippen molar-refractivity contribution in [1.29, 1.82) is 0 Å². The molecule has 6 nitrogen and oxygen atoms in total. The van der Waals surface area contributed by atoms with Crippen molar-refractivity contribution in [2.45, 2.75) is 20.0 Å². The van der Waals surface area contributed by atoms with Crippen LogP contribution in [-0.4, -0.2) is 72.5 Å². The van der Waals surface area contributed by atoms with Gasteiger partial charge in [0.25, 0.3) is 5.91 Å². The number of benzene rings is 2. The first kappa shape index (κ1) is 28.5. The van der Waals surface area contributed by atoms with Gasteiger partial charge in [-0.05, 0) is 59.8 Å². The Morgan fingerprint density at radius 3 is 2.42 bits per heavy atom. The van der Waals surface area contributed by atoms with E-state index < -0.39 is 0 Å². The SMILES string of the molecule is Cc1ccsc1CN(Cc1ccc(F)cc1)C(=O)CN(CCN1CCOCC1)C(=O)c1ccc(Cl)cc1Cl. The maximum atomic E-state index is 13.8. The van der Waals surface area contributed by atoms with Crippen LogP contribution in [0.2, 0.25) is 10.0 Å². The van der Waals surface area contributed by atoms with Crippen LogP contribution in [0.4, 0.5) is 4.39 Å². The molecule has 0 bridgehead atoms. The molecule has 2 aromatic carbocycles. The molecule has 0 atom stereocenters. The number of morpholine rings is 1. The molecule has 10 heteroatoms. The van der Waals surface area contributed by atoms with Gasteiger partial charge >= 0.3 is 0 Å². The normalized spacial score (nSPS) is 13.9. The first-order valence-electron chi connectivity index (χ1n) is 12.4. The molecule has 0 N–H and O–H groups in total. The Bertz CT molecular complexity index is 1250. The number of thiophene rings is 1. The number of hydrogen-bond donors (Lipinski definition) is 0. The summed E-state index contributed by atoms with van der Waals surface area (Å²) >= 11 is 14.0. The minimum Gasteiger partial charge on any atom is -0.379 e. The average Bonchev–Trinajstić information content (AvgIpc) is 3.31. The van der Waals surface area contributed by atoms with Crippen molar-refractivity contribution in [1.82, 2.24) is 14.7 Å². The first-order chi connectivity index (χ1) is 18.3. The third-order valence-electron chi connectivity index (χ3n) is 6.51. The molecule has 2 amide bonds. The summed E-state index contributed by atoms with van der Waals surface area (Å²) in [7, 11) is 0. The second-order valence-electron chi connectivity index (χ2n) is 9.21. The minimum atomic E-state index is -0.333. The molecule has 1 aliphatic rings. The maximum Gasteiger partial charge on any atom is 0.255 e. The minimum absolute atomic E-state index is 0.117. The van der Waals surface area contributed by atoms with Crippen molar-refractivity contribution in [3.05, 3.63) is 91.3 Å². The van der Waals surface area contributed by atoms with E-state index in [4.69, 9.17) is 27.9 Å². The molecule has 3 aromatic rings. The van der Waals surface area contributed by atoms with Crippen LogP contribution >= 0.6 is 34.5 Å². The molecule has 0 unspecified atom stereocenters. The fourth-order valence-corrected chi connectivity index (χ4v) is 5.63. The van der Waals surface area contributed by atoms with Gasteiger partial charge < -0.3 is 14.5 Å². The van der Waals surface area contributed by atoms with Gasteiger partial charge in [-0.1, -0.05) is 35.3 Å². The Labute approximate surface area is 236 Å². The molecule has 202 valence electrons. The van der Waals surface area contributed by atoms with Crippen LogP contribution in [0, 0.1) is 12.7 Å². The lowest BCUT2D eigenvalue weighted by Crippen LogP contribution is -2.47. The van der Waals surface area contributed by atoms with Crippen LogP contribution in [-0.2, 0) is 22.6 Å². The van der Waals surface area contributed by atoms with Crippen LogP contribution in [0.3, 0.4) is 0 Å². The van der Waals surface area contributed by atoms with Gasteiger partial charge in [-0.15, -0.1) is 11.3 Å². The highest BCUT2D eigenvalue weighted by Crippen LogP contribution is 2.23. The number of aryl methyl sites for hydroxylation is 1. The third kappa shape index (κ3) is 7.77. The van der Waals surface area contributed by atoms with E-state index in [9.17, 15) is 14.0 Å². The standard InChI is InChI=1S/C28H30Cl2FN3O3S/c1-20-8-15-38-26(20)18-34(17-21-2-5-23(31)6-3-21)27(35)19-33(10-9-32-11-13-37-14-12-32)28(36)24-7-4-22(29)16-25(24)30/h2-8,15-16H,9-14,17-19H2,1H3. The first-order valence-corrected chi connectivity index (χ1v) is 14.0. The quantitative estimate of drug-likeness (QED) is 0.319. The van der Waals surface area contributed by atoms with E-state index in [0.717, 1.165) is 29.1 Å². The van der Waals surface area contributed by atoms with E-state index in [0.29, 0.717) is 50.0 Å². The fourth-order valence-electron chi connectivity index (χ4n) is 4.22. The average molecular weight is 579 g/mol. The zero-order valence-electron chi connectivity index (χ0n) is 21.2. The van der Waals surface area contributed by atoms with Crippen molar-refractivity contribution >= 4 is 46.4 Å². The largest absolute Gasteiger partial charge is 0.379 e. The van der Waals surface area contributed by atoms with E-state index in [1.54, 1.807) is 45.4 Å². The molecule has 0 saturated carbocycles. The molecule has 1 saturated heterocycles. The van der Waals surface area contributed by atoms with Crippen molar-refractivity contribution in [3.8, 4) is 0 Å². The highest BCUT2D eigenvalue weighted by molar-refractivity contribution is 7.10. The maximum absolute atomic E-state index is 13.8. The topological polar surface area (TPSA) is 53.1 Å². The van der Waals surface area contributed by atoms with Gasteiger partial charge in [0, 0.05) is 42.6 Å². The Morgan fingerprint density at radius 1 is 1.03 bits per heavy atom. The number of halogens is 3. The Balaban J connectivity index is 1.56. The van der Waals surface area contributed by atoms with Gasteiger partial charge in [0.15, 0.2) is 0 Å². The number of hydrogen-bond acceptors (Lipinski definition) is 5. The van der Waals surface area contributed by atoms with Crippen molar-refractivity contribution in [3.63, 3.8) is 0 Å². The van der Waals surface area contributed by atoms with Crippen molar-refractivity contribution < 1.29 is 18.7 Å². The molecule has 0 radical (unpaired) electrons. The molecular weight excluding hydrogens is 548 g/mol. The van der Waals surface area contributed by atoms with E-state index >= 15 is 0 Å². The number of carbonyl (C=O) groups is 2. The molecular formula is C28H30Cl2FN3O3S. The summed E-state index contributed by atoms with van der Waals surface area (Å²) in [6, 6.07) is 12.9. The lowest BCUT2D eigenvalue weighted by molar-refractivity contribution is -0.133. The van der Waals surface area contributed by atoms with Gasteiger partial charge in [0.05, 0.1) is 30.3 Å². The lowest BCUT2D eigenvalue weighted by atomic mass is 10.1. The van der Waals surface area contributed by atoms with Gasteiger partial charge in [0.1, 0.15) is 12.4 Å². The number of amides is 2. The molecule has 1 aliphatic heterocycles. The van der Waals surface area contributed by atoms with Crippen LogP contribution in [0.1, 0.15) is 26.4 Å². The van der Waals surface area contributed by atoms with E-state index in [2.05, 4.69) is 4.90 Å². The van der Waals surface area contributed by atoms with Crippen LogP contribution in [0.5, 0.6) is 0 Å². The van der Waals surface area contributed by atoms with Gasteiger partial charge in [0.2, 0.25) is 5.91 Å². The highest BCUT2D eigenvalue weighted by Gasteiger charge is 2.26. The zero-order valence-corrected chi connectivity index (χ0v) is 23.5. The van der Waals surface area contributed by atoms with Crippen molar-refractivity contribution in [2.75, 3.05) is 45.9 Å². The summed E-state index contributed by atoms with van der Waals surface area (Å²) < 4.78 is 18.9. The van der Waals surface area contributed by atoms with Crippen molar-refractivity contribution in [2.24, 2.45) is 0 Å². The fraction of sp³-hybridized carbons (Fsp3) is 0.357. The number of rotatable bonds is 10. The summed E-state index contributed by atoms with van der Waals surface area (Å²) in [4.78, 5) is 33.9. The Morgan fingerprint density at radius 2 is 1.76 bits per heavy atom. The van der Waals surface area contributed by atoms with Crippen LogP contribution < -0.4 is 0 Å². The second kappa shape index (κ2) is 13.5. The molecule has 1 aromatic heterocycles. The van der Waals surface area contributed by atoms with E-state index in [1.165, 1.54) is 18.2 Å². The monoisotopic (exact) mass is 577 g/mol. The highest BCUT2D eigenvalue weighted by atomic mass is 35.5. The van der Waals surface area contributed by atoms with Gasteiger partial charge in [-0.2, -0.15) is 0 Å². The smallest absolute Gasteiger partial charge is 0.255 e. The van der Waals surface area contributed by atoms with Crippen LogP contribution in [0.15, 0.2) is 53.9 Å². The number of nitrogens with zero attached hydrogens (tertiary/aromatic N) is 3. The third-order valence-corrected chi connectivity index (χ3v) is 8.06. The number of carbonyl (C=O) groups excluding carboxylic acids is 2. The Hall–Kier alpha value is -2.49. The molecule has 0 aliphatic carbocycles. The van der Waals surface area contributed by atoms with Gasteiger partial charge in [-0.25, -0.2) is 4.39 Å². The van der Waals surface area contributed by atoms with E-state index in [-0.39, 0.29) is 29.2 Å². The summed E-state index contributed by atoms with van der Waals surface area (Å²) in [5.41, 5.74) is 2.20. The molecule has 0 spiro atoms. The molecule has 2 heterocycles. The predicted molar refractivity (Wildman–Crippen MR) is 149 cm³/mol. The molecule has 38 heavy (non-hydrogen) atoms. The Kier molecular flexibility index (Phi) is 10.2.